The van der Waals surface area contributed by atoms with E-state index in [2.05, 4.69) is 20.4 Å². The molecule has 8 heteroatoms. The fourth-order valence-electron chi connectivity index (χ4n) is 2.55. The predicted molar refractivity (Wildman–Crippen MR) is 99.4 cm³/mol. The Kier molecular flexibility index (Phi) is 3.85. The number of rotatable bonds is 3. The summed E-state index contributed by atoms with van der Waals surface area (Å²) >= 11 is 3.01. The van der Waals surface area contributed by atoms with Gasteiger partial charge in [0, 0.05) is 10.3 Å². The van der Waals surface area contributed by atoms with Crippen molar-refractivity contribution in [2.75, 3.05) is 5.32 Å². The number of thiophene rings is 1. The van der Waals surface area contributed by atoms with Gasteiger partial charge in [0.2, 0.25) is 0 Å². The molecule has 25 heavy (non-hydrogen) atoms. The van der Waals surface area contributed by atoms with Crippen LogP contribution < -0.4 is 5.32 Å². The van der Waals surface area contributed by atoms with Gasteiger partial charge in [-0.2, -0.15) is 0 Å². The number of hydrogen-bond acceptors (Lipinski definition) is 7. The lowest BCUT2D eigenvalue weighted by molar-refractivity contribution is 0.102. The molecule has 6 nitrogen and oxygen atoms in total. The molecule has 0 spiro atoms. The third-order valence-electron chi connectivity index (χ3n) is 3.69. The van der Waals surface area contributed by atoms with Gasteiger partial charge in [0.1, 0.15) is 0 Å². The fraction of sp³-hybridized carbons (Fsp3) is 0.176. The first kappa shape index (κ1) is 15.9. The maximum Gasteiger partial charge on any atom is 0.259 e. The van der Waals surface area contributed by atoms with Crippen molar-refractivity contribution >= 4 is 44.8 Å². The van der Waals surface area contributed by atoms with Gasteiger partial charge in [0.05, 0.1) is 32.9 Å². The van der Waals surface area contributed by atoms with Crippen molar-refractivity contribution in [3.8, 4) is 10.6 Å². The van der Waals surface area contributed by atoms with E-state index in [0.717, 1.165) is 10.6 Å². The molecule has 0 unspecified atom stereocenters. The average Bonchev–Trinajstić information content (AvgIpc) is 3.28. The number of aryl methyl sites for hydroxylation is 3. The SMILES string of the molecule is Cc1csc(NC(=O)c2cc(-c3ccc(C)s3)nc3onc(C)c23)n1. The van der Waals surface area contributed by atoms with E-state index in [0.29, 0.717) is 33.2 Å². The molecule has 0 atom stereocenters. The minimum atomic E-state index is -0.248. The summed E-state index contributed by atoms with van der Waals surface area (Å²) in [6.07, 6.45) is 0. The highest BCUT2D eigenvalue weighted by molar-refractivity contribution is 7.15. The molecule has 1 amide bonds. The van der Waals surface area contributed by atoms with Gasteiger partial charge in [-0.15, -0.1) is 22.7 Å². The molecule has 0 bridgehead atoms. The molecule has 4 aromatic rings. The molecule has 1 N–H and O–H groups in total. The Morgan fingerprint density at radius 3 is 2.72 bits per heavy atom. The molecule has 0 saturated carbocycles. The molecule has 0 saturated heterocycles. The van der Waals surface area contributed by atoms with Gasteiger partial charge in [0.15, 0.2) is 5.13 Å². The molecule has 4 heterocycles. The van der Waals surface area contributed by atoms with E-state index in [1.807, 2.05) is 31.4 Å². The van der Waals surface area contributed by atoms with E-state index in [1.165, 1.54) is 16.2 Å². The summed E-state index contributed by atoms with van der Waals surface area (Å²) in [4.78, 5) is 23.8. The summed E-state index contributed by atoms with van der Waals surface area (Å²) in [5.74, 6) is -0.248. The van der Waals surface area contributed by atoms with Gasteiger partial charge in [-0.3, -0.25) is 10.1 Å². The first-order chi connectivity index (χ1) is 12.0. The Hall–Kier alpha value is -2.58. The van der Waals surface area contributed by atoms with Crippen LogP contribution in [0.5, 0.6) is 0 Å². The van der Waals surface area contributed by atoms with Crippen LogP contribution in [0.2, 0.25) is 0 Å². The van der Waals surface area contributed by atoms with Crippen LogP contribution in [0, 0.1) is 20.8 Å². The largest absolute Gasteiger partial charge is 0.335 e. The minimum absolute atomic E-state index is 0.248. The first-order valence-corrected chi connectivity index (χ1v) is 9.28. The smallest absolute Gasteiger partial charge is 0.259 e. The van der Waals surface area contributed by atoms with Crippen LogP contribution in [0.4, 0.5) is 5.13 Å². The Morgan fingerprint density at radius 2 is 2.04 bits per heavy atom. The number of amides is 1. The minimum Gasteiger partial charge on any atom is -0.335 e. The van der Waals surface area contributed by atoms with Gasteiger partial charge >= 0.3 is 0 Å². The van der Waals surface area contributed by atoms with E-state index >= 15 is 0 Å². The predicted octanol–water partition coefficient (Wildman–Crippen LogP) is 4.59. The molecular formula is C17H14N4O2S2. The Labute approximate surface area is 151 Å². The van der Waals surface area contributed by atoms with Crippen LogP contribution in [-0.4, -0.2) is 21.0 Å². The zero-order valence-corrected chi connectivity index (χ0v) is 15.4. The summed E-state index contributed by atoms with van der Waals surface area (Å²) in [6, 6.07) is 5.80. The van der Waals surface area contributed by atoms with Crippen molar-refractivity contribution in [3.05, 3.63) is 45.4 Å². The second-order valence-corrected chi connectivity index (χ2v) is 7.81. The summed E-state index contributed by atoms with van der Waals surface area (Å²) in [6.45, 7) is 5.72. The number of carbonyl (C=O) groups excluding carboxylic acids is 1. The molecule has 4 rings (SSSR count). The number of pyridine rings is 1. The lowest BCUT2D eigenvalue weighted by atomic mass is 10.1. The highest BCUT2D eigenvalue weighted by Gasteiger charge is 2.20. The second-order valence-electron chi connectivity index (χ2n) is 5.66. The Morgan fingerprint density at radius 1 is 1.20 bits per heavy atom. The molecule has 0 aliphatic heterocycles. The topological polar surface area (TPSA) is 80.9 Å². The third-order valence-corrected chi connectivity index (χ3v) is 5.59. The summed E-state index contributed by atoms with van der Waals surface area (Å²) < 4.78 is 5.31. The van der Waals surface area contributed by atoms with Crippen LogP contribution >= 0.6 is 22.7 Å². The number of thiazole rings is 1. The van der Waals surface area contributed by atoms with Crippen LogP contribution in [0.25, 0.3) is 21.7 Å². The van der Waals surface area contributed by atoms with Crippen molar-refractivity contribution in [2.45, 2.75) is 20.8 Å². The Balaban J connectivity index is 1.82. The normalized spacial score (nSPS) is 11.2. The molecule has 4 aromatic heterocycles. The van der Waals surface area contributed by atoms with Gasteiger partial charge in [-0.1, -0.05) is 5.16 Å². The zero-order valence-electron chi connectivity index (χ0n) is 13.8. The maximum atomic E-state index is 12.8. The molecule has 0 aliphatic carbocycles. The molecule has 0 radical (unpaired) electrons. The zero-order chi connectivity index (χ0) is 17.6. The third kappa shape index (κ3) is 2.94. The summed E-state index contributed by atoms with van der Waals surface area (Å²) in [5.41, 5.74) is 3.05. The highest BCUT2D eigenvalue weighted by Crippen LogP contribution is 2.31. The van der Waals surface area contributed by atoms with Crippen molar-refractivity contribution in [2.24, 2.45) is 0 Å². The number of fused-ring (bicyclic) bond motifs is 1. The van der Waals surface area contributed by atoms with E-state index in [9.17, 15) is 4.79 Å². The van der Waals surface area contributed by atoms with Crippen LogP contribution in [0.3, 0.4) is 0 Å². The number of aromatic nitrogens is 3. The molecule has 126 valence electrons. The second kappa shape index (κ2) is 6.05. The molecule has 0 aromatic carbocycles. The summed E-state index contributed by atoms with van der Waals surface area (Å²) in [7, 11) is 0. The van der Waals surface area contributed by atoms with Gasteiger partial charge < -0.3 is 4.52 Å². The van der Waals surface area contributed by atoms with E-state index in [4.69, 9.17) is 4.52 Å². The fourth-order valence-corrected chi connectivity index (χ4v) is 4.06. The molecular weight excluding hydrogens is 356 g/mol. The van der Waals surface area contributed by atoms with Crippen molar-refractivity contribution in [3.63, 3.8) is 0 Å². The lowest BCUT2D eigenvalue weighted by Crippen LogP contribution is -2.13. The van der Waals surface area contributed by atoms with Crippen molar-refractivity contribution in [1.29, 1.82) is 0 Å². The first-order valence-electron chi connectivity index (χ1n) is 7.58. The van der Waals surface area contributed by atoms with Crippen molar-refractivity contribution in [1.82, 2.24) is 15.1 Å². The van der Waals surface area contributed by atoms with Crippen LogP contribution in [-0.2, 0) is 0 Å². The van der Waals surface area contributed by atoms with E-state index < -0.39 is 0 Å². The quantitative estimate of drug-likeness (QED) is 0.571. The number of carbonyl (C=O) groups is 1. The highest BCUT2D eigenvalue weighted by atomic mass is 32.1. The number of hydrogen-bond donors (Lipinski definition) is 1. The van der Waals surface area contributed by atoms with Gasteiger partial charge in [-0.05, 0) is 39.0 Å². The molecule has 0 aliphatic rings. The van der Waals surface area contributed by atoms with Crippen LogP contribution in [0.1, 0.15) is 26.6 Å². The average molecular weight is 370 g/mol. The standard InChI is InChI=1S/C17H14N4O2S2/c1-8-7-24-17(18-8)20-15(22)11-6-12(13-5-4-9(2)25-13)19-16-14(11)10(3)21-23-16/h4-7H,1-3H3,(H,18,20,22). The summed E-state index contributed by atoms with van der Waals surface area (Å²) in [5, 5.41) is 9.89. The Bertz CT molecular complexity index is 1090. The van der Waals surface area contributed by atoms with Gasteiger partial charge in [0.25, 0.3) is 11.6 Å². The number of anilines is 1. The van der Waals surface area contributed by atoms with Gasteiger partial charge in [-0.25, -0.2) is 9.97 Å². The van der Waals surface area contributed by atoms with Crippen molar-refractivity contribution < 1.29 is 9.32 Å². The van der Waals surface area contributed by atoms with E-state index in [1.54, 1.807) is 24.3 Å². The number of nitrogens with one attached hydrogen (secondary N) is 1. The van der Waals surface area contributed by atoms with E-state index in [-0.39, 0.29) is 5.91 Å². The monoisotopic (exact) mass is 370 g/mol. The van der Waals surface area contributed by atoms with Crippen LogP contribution in [0.15, 0.2) is 28.1 Å². The number of nitrogens with zero attached hydrogens (tertiary/aromatic N) is 3. The maximum absolute atomic E-state index is 12.8. The lowest BCUT2D eigenvalue weighted by Gasteiger charge is -2.05. The molecule has 0 fully saturated rings.